The fraction of sp³-hybridized carbons (Fsp3) is 0.542. The smallest absolute Gasteiger partial charge is 0.315 e. The van der Waals surface area contributed by atoms with Crippen molar-refractivity contribution in [3.05, 3.63) is 35.0 Å². The Bertz CT molecular complexity index is 903. The van der Waals surface area contributed by atoms with Crippen LogP contribution in [-0.2, 0) is 14.3 Å². The molecule has 162 valence electrons. The minimum Gasteiger partial charge on any atom is -0.497 e. The third kappa shape index (κ3) is 4.27. The maximum absolute atomic E-state index is 13.3. The van der Waals surface area contributed by atoms with Crippen molar-refractivity contribution < 1.29 is 23.8 Å². The number of carbonyl (C=O) groups excluding carboxylic acids is 2. The Hall–Kier alpha value is -2.63. The van der Waals surface area contributed by atoms with Crippen LogP contribution < -0.4 is 9.47 Å². The summed E-state index contributed by atoms with van der Waals surface area (Å²) in [4.78, 5) is 31.1. The lowest BCUT2D eigenvalue weighted by Crippen LogP contribution is -2.40. The Kier molecular flexibility index (Phi) is 6.06. The van der Waals surface area contributed by atoms with E-state index in [1.54, 1.807) is 20.3 Å². The lowest BCUT2D eigenvalue weighted by Gasteiger charge is -2.39. The summed E-state index contributed by atoms with van der Waals surface area (Å²) in [6.07, 6.45) is 0.848. The summed E-state index contributed by atoms with van der Waals surface area (Å²) in [5.74, 6) is -0.296. The summed E-state index contributed by atoms with van der Waals surface area (Å²) in [7, 11) is 3.16. The number of hydrogen-bond acceptors (Lipinski definition) is 6. The van der Waals surface area contributed by atoms with Gasteiger partial charge in [-0.25, -0.2) is 0 Å². The van der Waals surface area contributed by atoms with Gasteiger partial charge in [0.1, 0.15) is 17.4 Å². The lowest BCUT2D eigenvalue weighted by molar-refractivity contribution is -0.150. The average Bonchev–Trinajstić information content (AvgIpc) is 2.64. The van der Waals surface area contributed by atoms with Crippen molar-refractivity contribution in [2.24, 2.45) is 16.3 Å². The second-order valence-electron chi connectivity index (χ2n) is 9.14. The summed E-state index contributed by atoms with van der Waals surface area (Å²) in [6.45, 7) is 9.61. The van der Waals surface area contributed by atoms with E-state index < -0.39 is 11.8 Å². The first-order valence-electron chi connectivity index (χ1n) is 10.3. The second kappa shape index (κ2) is 8.25. The predicted octanol–water partition coefficient (Wildman–Crippen LogP) is 4.47. The van der Waals surface area contributed by atoms with Gasteiger partial charge in [-0.15, -0.1) is 0 Å². The van der Waals surface area contributed by atoms with E-state index in [0.29, 0.717) is 35.6 Å². The summed E-state index contributed by atoms with van der Waals surface area (Å²) in [5.41, 5.74) is 2.67. The van der Waals surface area contributed by atoms with Crippen molar-refractivity contribution in [1.82, 2.24) is 0 Å². The molecule has 0 amide bonds. The molecule has 0 bridgehead atoms. The van der Waals surface area contributed by atoms with E-state index in [1.165, 1.54) is 0 Å². The monoisotopic (exact) mass is 413 g/mol. The van der Waals surface area contributed by atoms with E-state index in [-0.39, 0.29) is 23.3 Å². The van der Waals surface area contributed by atoms with Crippen LogP contribution in [0.1, 0.15) is 58.9 Å². The predicted molar refractivity (Wildman–Crippen MR) is 115 cm³/mol. The summed E-state index contributed by atoms with van der Waals surface area (Å²) >= 11 is 0. The van der Waals surface area contributed by atoms with Gasteiger partial charge in [-0.1, -0.05) is 13.8 Å². The van der Waals surface area contributed by atoms with Crippen molar-refractivity contribution in [3.8, 4) is 11.5 Å². The SMILES string of the molecule is COc1cc(OC)cc([C@@H]2C3=C(CC(C)(C)CC3=O)N=C(C)C2C(=O)OC(C)C)c1. The molecular weight excluding hydrogens is 382 g/mol. The molecule has 3 rings (SSSR count). The van der Waals surface area contributed by atoms with Gasteiger partial charge in [-0.05, 0) is 50.3 Å². The number of Topliss-reactive ketones (excluding diaryl/α,β-unsaturated/α-hetero) is 1. The molecule has 0 saturated carbocycles. The molecule has 6 heteroatoms. The van der Waals surface area contributed by atoms with Gasteiger partial charge < -0.3 is 14.2 Å². The van der Waals surface area contributed by atoms with Crippen molar-refractivity contribution >= 4 is 17.5 Å². The minimum absolute atomic E-state index is 0.0339. The minimum atomic E-state index is -0.673. The molecule has 2 aliphatic rings. The molecule has 0 N–H and O–H groups in total. The molecule has 0 fully saturated rings. The number of hydrogen-bond donors (Lipinski definition) is 0. The molecule has 0 saturated heterocycles. The topological polar surface area (TPSA) is 74.2 Å². The van der Waals surface area contributed by atoms with Crippen LogP contribution in [0.15, 0.2) is 34.5 Å². The number of benzene rings is 1. The molecule has 1 aliphatic carbocycles. The average molecular weight is 414 g/mol. The van der Waals surface area contributed by atoms with Crippen molar-refractivity contribution in [1.29, 1.82) is 0 Å². The number of esters is 1. The number of allylic oxidation sites excluding steroid dienone is 2. The third-order valence-corrected chi connectivity index (χ3v) is 5.64. The number of rotatable bonds is 5. The summed E-state index contributed by atoms with van der Waals surface area (Å²) in [6, 6.07) is 5.49. The number of nitrogens with zero attached hydrogens (tertiary/aromatic N) is 1. The first-order chi connectivity index (χ1) is 14.1. The highest BCUT2D eigenvalue weighted by molar-refractivity contribution is 6.09. The molecule has 1 aromatic carbocycles. The summed E-state index contributed by atoms with van der Waals surface area (Å²) < 4.78 is 16.5. The van der Waals surface area contributed by atoms with E-state index in [4.69, 9.17) is 19.2 Å². The first-order valence-corrected chi connectivity index (χ1v) is 10.3. The first kappa shape index (κ1) is 22.1. The number of aliphatic imine (C=N–C) groups is 1. The molecule has 0 spiro atoms. The van der Waals surface area contributed by atoms with Crippen LogP contribution in [0.4, 0.5) is 0 Å². The summed E-state index contributed by atoms with van der Waals surface area (Å²) in [5, 5.41) is 0. The zero-order chi connectivity index (χ0) is 22.2. The van der Waals surface area contributed by atoms with Crippen LogP contribution in [0.5, 0.6) is 11.5 Å². The molecule has 1 heterocycles. The van der Waals surface area contributed by atoms with Gasteiger partial charge in [0.25, 0.3) is 0 Å². The maximum atomic E-state index is 13.3. The number of ketones is 1. The highest BCUT2D eigenvalue weighted by Gasteiger charge is 2.46. The molecule has 6 nitrogen and oxygen atoms in total. The maximum Gasteiger partial charge on any atom is 0.315 e. The molecular formula is C24H31NO5. The van der Waals surface area contributed by atoms with Crippen molar-refractivity contribution in [2.75, 3.05) is 14.2 Å². The molecule has 30 heavy (non-hydrogen) atoms. The second-order valence-corrected chi connectivity index (χ2v) is 9.14. The number of ether oxygens (including phenoxy) is 3. The molecule has 2 atom stereocenters. The van der Waals surface area contributed by atoms with Crippen LogP contribution in [-0.4, -0.2) is 37.8 Å². The quantitative estimate of drug-likeness (QED) is 0.666. The van der Waals surface area contributed by atoms with Crippen LogP contribution in [0.2, 0.25) is 0 Å². The van der Waals surface area contributed by atoms with Crippen molar-refractivity contribution in [3.63, 3.8) is 0 Å². The number of carbonyl (C=O) groups is 2. The van der Waals surface area contributed by atoms with Gasteiger partial charge in [-0.2, -0.15) is 0 Å². The zero-order valence-electron chi connectivity index (χ0n) is 18.9. The van der Waals surface area contributed by atoms with Gasteiger partial charge in [0.2, 0.25) is 0 Å². The van der Waals surface area contributed by atoms with Crippen molar-refractivity contribution in [2.45, 2.75) is 59.5 Å². The van der Waals surface area contributed by atoms with Crippen LogP contribution >= 0.6 is 0 Å². The van der Waals surface area contributed by atoms with Gasteiger partial charge in [0, 0.05) is 35.4 Å². The molecule has 1 aromatic rings. The molecule has 0 aromatic heterocycles. The van der Waals surface area contributed by atoms with Crippen LogP contribution in [0.25, 0.3) is 0 Å². The molecule has 1 unspecified atom stereocenters. The number of methoxy groups -OCH3 is 2. The highest BCUT2D eigenvalue weighted by Crippen LogP contribution is 2.48. The van der Waals surface area contributed by atoms with Crippen LogP contribution in [0.3, 0.4) is 0 Å². The third-order valence-electron chi connectivity index (χ3n) is 5.64. The van der Waals surface area contributed by atoms with Gasteiger partial charge in [0.05, 0.1) is 20.3 Å². The van der Waals surface area contributed by atoms with Gasteiger partial charge >= 0.3 is 5.97 Å². The van der Waals surface area contributed by atoms with E-state index in [2.05, 4.69) is 13.8 Å². The normalized spacial score (nSPS) is 23.1. The zero-order valence-corrected chi connectivity index (χ0v) is 18.9. The Labute approximate surface area is 178 Å². The largest absolute Gasteiger partial charge is 0.497 e. The van der Waals surface area contributed by atoms with Gasteiger partial charge in [-0.3, -0.25) is 14.6 Å². The Morgan fingerprint density at radius 2 is 1.70 bits per heavy atom. The fourth-order valence-electron chi connectivity index (χ4n) is 4.43. The molecule has 1 aliphatic heterocycles. The highest BCUT2D eigenvalue weighted by atomic mass is 16.5. The Balaban J connectivity index is 2.21. The lowest BCUT2D eigenvalue weighted by atomic mass is 9.67. The Morgan fingerprint density at radius 1 is 1.10 bits per heavy atom. The Morgan fingerprint density at radius 3 is 2.23 bits per heavy atom. The standard InChI is InChI=1S/C24H31NO5/c1-13(2)30-23(27)20-14(3)25-18-11-24(4,5)12-19(26)22(18)21(20)15-8-16(28-6)10-17(9-15)29-7/h8-10,13,20-21H,11-12H2,1-7H3/t20?,21-/m0/s1. The van der Waals surface area contributed by atoms with Crippen LogP contribution in [0, 0.1) is 11.3 Å². The van der Waals surface area contributed by atoms with Gasteiger partial charge in [0.15, 0.2) is 5.78 Å². The van der Waals surface area contributed by atoms with E-state index in [0.717, 1.165) is 11.3 Å². The fourth-order valence-corrected chi connectivity index (χ4v) is 4.43. The van der Waals surface area contributed by atoms with E-state index in [1.807, 2.05) is 32.9 Å². The van der Waals surface area contributed by atoms with E-state index in [9.17, 15) is 9.59 Å². The van der Waals surface area contributed by atoms with E-state index >= 15 is 0 Å². The molecule has 0 radical (unpaired) electrons.